The Kier molecular flexibility index (Phi) is 7.07. The molecular weight excluding hydrogens is 486 g/mol. The molecule has 1 saturated heterocycles. The Bertz CT molecular complexity index is 1460. The van der Waals surface area contributed by atoms with Crippen LogP contribution in [0, 0.1) is 11.8 Å². The number of piperazine rings is 1. The number of hydrogen-bond donors (Lipinski definition) is 2. The van der Waals surface area contributed by atoms with Crippen LogP contribution in [0.1, 0.15) is 32.0 Å². The van der Waals surface area contributed by atoms with Gasteiger partial charge in [0, 0.05) is 55.9 Å². The molecule has 4 rings (SSSR count). The van der Waals surface area contributed by atoms with Gasteiger partial charge in [-0.15, -0.1) is 10.2 Å². The molecule has 3 aromatic rings. The molecule has 0 aliphatic carbocycles. The molecule has 0 unspecified atom stereocenters. The number of nitrogens with one attached hydrogen (secondary N) is 1. The quantitative estimate of drug-likeness (QED) is 0.461. The van der Waals surface area contributed by atoms with E-state index < -0.39 is 15.9 Å². The third-order valence-corrected chi connectivity index (χ3v) is 5.67. The summed E-state index contributed by atoms with van der Waals surface area (Å²) >= 11 is 0. The first-order chi connectivity index (χ1) is 17.2. The third kappa shape index (κ3) is 6.30. The van der Waals surface area contributed by atoms with Gasteiger partial charge in [-0.2, -0.15) is 0 Å². The Labute approximate surface area is 207 Å². The molecule has 12 nitrogen and oxygen atoms in total. The Morgan fingerprint density at radius 1 is 0.944 bits per heavy atom. The van der Waals surface area contributed by atoms with E-state index in [0.717, 1.165) is 6.26 Å². The van der Waals surface area contributed by atoms with Gasteiger partial charge in [-0.05, 0) is 24.3 Å². The van der Waals surface area contributed by atoms with Crippen molar-refractivity contribution >= 4 is 27.7 Å². The number of nitrogens with zero attached hydrogens (tertiary/aromatic N) is 6. The van der Waals surface area contributed by atoms with E-state index in [1.165, 1.54) is 30.7 Å². The maximum atomic E-state index is 13.0. The van der Waals surface area contributed by atoms with Crippen molar-refractivity contribution in [2.75, 3.05) is 37.3 Å². The zero-order chi connectivity index (χ0) is 25.7. The predicted octanol–water partition coefficient (Wildman–Crippen LogP) is 0.0238. The van der Waals surface area contributed by atoms with Crippen LogP contribution in [-0.2, 0) is 10.0 Å². The first kappa shape index (κ1) is 24.6. The minimum Gasteiger partial charge on any atom is -0.506 e. The third-order valence-electron chi connectivity index (χ3n) is 5.11. The molecule has 0 radical (unpaired) electrons. The molecule has 0 spiro atoms. The van der Waals surface area contributed by atoms with Crippen molar-refractivity contribution < 1.29 is 23.1 Å². The summed E-state index contributed by atoms with van der Waals surface area (Å²) in [5.74, 6) is 5.30. The van der Waals surface area contributed by atoms with Crippen LogP contribution in [-0.4, -0.2) is 82.8 Å². The number of amides is 2. The van der Waals surface area contributed by atoms with Crippen molar-refractivity contribution in [2.24, 2.45) is 0 Å². The monoisotopic (exact) mass is 507 g/mol. The fraction of sp³-hybridized carbons (Fsp3) is 0.217. The lowest BCUT2D eigenvalue weighted by atomic mass is 10.1. The smallest absolute Gasteiger partial charge is 0.285 e. The van der Waals surface area contributed by atoms with Gasteiger partial charge in [-0.25, -0.2) is 13.1 Å². The lowest BCUT2D eigenvalue weighted by molar-refractivity contribution is 0.0745. The van der Waals surface area contributed by atoms with Crippen LogP contribution >= 0.6 is 0 Å². The van der Waals surface area contributed by atoms with Gasteiger partial charge in [0.05, 0.1) is 18.0 Å². The molecular formula is C23H21N7O5S. The van der Waals surface area contributed by atoms with E-state index in [0.29, 0.717) is 48.7 Å². The average molecular weight is 508 g/mol. The number of hydrogen-bond acceptors (Lipinski definition) is 10. The van der Waals surface area contributed by atoms with Crippen LogP contribution in [0.2, 0.25) is 0 Å². The molecule has 3 aromatic heterocycles. The van der Waals surface area contributed by atoms with Gasteiger partial charge < -0.3 is 14.9 Å². The number of pyridine rings is 2. The van der Waals surface area contributed by atoms with Gasteiger partial charge in [-0.3, -0.25) is 19.6 Å². The van der Waals surface area contributed by atoms with Crippen LogP contribution in [0.3, 0.4) is 0 Å². The Morgan fingerprint density at radius 2 is 1.61 bits per heavy atom. The van der Waals surface area contributed by atoms with Gasteiger partial charge in [0.1, 0.15) is 5.75 Å². The maximum absolute atomic E-state index is 13.0. The maximum Gasteiger partial charge on any atom is 0.285 e. The second-order valence-corrected chi connectivity index (χ2v) is 9.65. The fourth-order valence-corrected chi connectivity index (χ4v) is 3.86. The molecule has 0 bridgehead atoms. The van der Waals surface area contributed by atoms with E-state index in [4.69, 9.17) is 0 Å². The summed E-state index contributed by atoms with van der Waals surface area (Å²) in [7, 11) is -3.70. The number of aromatic nitrogens is 4. The van der Waals surface area contributed by atoms with Gasteiger partial charge in [-0.1, -0.05) is 11.8 Å². The molecule has 1 aliphatic heterocycles. The zero-order valence-corrected chi connectivity index (χ0v) is 19.9. The molecule has 13 heteroatoms. The van der Waals surface area contributed by atoms with Crippen molar-refractivity contribution in [3.8, 4) is 17.6 Å². The molecule has 0 saturated carbocycles. The number of aromatic hydroxyl groups is 1. The second kappa shape index (κ2) is 10.4. The lowest BCUT2D eigenvalue weighted by Gasteiger charge is -2.35. The molecule has 184 valence electrons. The van der Waals surface area contributed by atoms with Crippen molar-refractivity contribution in [1.82, 2.24) is 29.8 Å². The molecule has 4 heterocycles. The van der Waals surface area contributed by atoms with Crippen LogP contribution in [0.4, 0.5) is 5.82 Å². The van der Waals surface area contributed by atoms with Crippen molar-refractivity contribution in [1.29, 1.82) is 0 Å². The van der Waals surface area contributed by atoms with Gasteiger partial charge in [0.15, 0.2) is 11.5 Å². The summed E-state index contributed by atoms with van der Waals surface area (Å²) in [6.45, 7) is 1.85. The van der Waals surface area contributed by atoms with E-state index in [2.05, 4.69) is 32.0 Å². The van der Waals surface area contributed by atoms with E-state index in [1.54, 1.807) is 23.2 Å². The molecule has 1 aliphatic rings. The normalized spacial score (nSPS) is 13.5. The topological polar surface area (TPSA) is 159 Å². The van der Waals surface area contributed by atoms with Crippen molar-refractivity contribution in [3.63, 3.8) is 0 Å². The average Bonchev–Trinajstić information content (AvgIpc) is 2.86. The highest BCUT2D eigenvalue weighted by atomic mass is 32.2. The standard InChI is InChI=1S/C23H21N7O5S/c1-36(34,35)28-22(32)20-4-5-21(27-26-20)29-6-8-30(9-7-29)23(33)18-10-16(12-24-14-18)2-3-17-11-19(31)15-25-13-17/h4-5,10-15,31H,6-9H2,1H3,(H,28,32). The van der Waals surface area contributed by atoms with Gasteiger partial charge in [0.25, 0.3) is 11.8 Å². The summed E-state index contributed by atoms with van der Waals surface area (Å²) in [4.78, 5) is 36.5. The number of rotatable bonds is 4. The molecule has 2 N–H and O–H groups in total. The zero-order valence-electron chi connectivity index (χ0n) is 19.1. The summed E-state index contributed by atoms with van der Waals surface area (Å²) in [5.41, 5.74) is 1.38. The highest BCUT2D eigenvalue weighted by molar-refractivity contribution is 7.89. The number of carbonyl (C=O) groups excluding carboxylic acids is 2. The second-order valence-electron chi connectivity index (χ2n) is 7.90. The highest BCUT2D eigenvalue weighted by Crippen LogP contribution is 2.15. The van der Waals surface area contributed by atoms with E-state index in [-0.39, 0.29) is 17.4 Å². The summed E-state index contributed by atoms with van der Waals surface area (Å²) < 4.78 is 24.2. The number of anilines is 1. The molecule has 0 atom stereocenters. The molecule has 36 heavy (non-hydrogen) atoms. The van der Waals surface area contributed by atoms with Crippen LogP contribution < -0.4 is 9.62 Å². The largest absolute Gasteiger partial charge is 0.506 e. The SMILES string of the molecule is CS(=O)(=O)NC(=O)c1ccc(N2CCN(C(=O)c3cncc(C#Cc4cncc(O)c4)c3)CC2)nn1. The Morgan fingerprint density at radius 3 is 2.22 bits per heavy atom. The molecule has 0 aromatic carbocycles. The predicted molar refractivity (Wildman–Crippen MR) is 129 cm³/mol. The molecule has 2 amide bonds. The first-order valence-electron chi connectivity index (χ1n) is 10.7. The van der Waals surface area contributed by atoms with E-state index in [1.807, 2.05) is 9.62 Å². The minimum absolute atomic E-state index is 0.0161. The van der Waals surface area contributed by atoms with Gasteiger partial charge >= 0.3 is 0 Å². The summed E-state index contributed by atoms with van der Waals surface area (Å²) in [6, 6.07) is 6.13. The summed E-state index contributed by atoms with van der Waals surface area (Å²) in [5, 5.41) is 17.3. The Hall–Kier alpha value is -4.57. The van der Waals surface area contributed by atoms with Gasteiger partial charge in [0.2, 0.25) is 10.0 Å². The number of carbonyl (C=O) groups is 2. The van der Waals surface area contributed by atoms with Crippen LogP contribution in [0.15, 0.2) is 49.1 Å². The van der Waals surface area contributed by atoms with Crippen molar-refractivity contribution in [3.05, 3.63) is 71.4 Å². The fourth-order valence-electron chi connectivity index (χ4n) is 3.42. The first-order valence-corrected chi connectivity index (χ1v) is 12.6. The van der Waals surface area contributed by atoms with Crippen LogP contribution in [0.25, 0.3) is 0 Å². The van der Waals surface area contributed by atoms with E-state index in [9.17, 15) is 23.1 Å². The highest BCUT2D eigenvalue weighted by Gasteiger charge is 2.24. The Balaban J connectivity index is 1.37. The lowest BCUT2D eigenvalue weighted by Crippen LogP contribution is -2.49. The minimum atomic E-state index is -3.70. The van der Waals surface area contributed by atoms with Crippen molar-refractivity contribution in [2.45, 2.75) is 0 Å². The molecule has 1 fully saturated rings. The summed E-state index contributed by atoms with van der Waals surface area (Å²) in [6.07, 6.45) is 6.75. The van der Waals surface area contributed by atoms with E-state index >= 15 is 0 Å². The van der Waals surface area contributed by atoms with Crippen LogP contribution in [0.5, 0.6) is 5.75 Å². The number of sulfonamides is 1.